The third-order valence-electron chi connectivity index (χ3n) is 3.12. The van der Waals surface area contributed by atoms with E-state index in [0.29, 0.717) is 6.04 Å². The van der Waals surface area contributed by atoms with E-state index in [1.807, 2.05) is 18.2 Å². The van der Waals surface area contributed by atoms with E-state index >= 15 is 0 Å². The van der Waals surface area contributed by atoms with Crippen LogP contribution in [0.4, 0.5) is 5.69 Å². The van der Waals surface area contributed by atoms with Gasteiger partial charge in [0.15, 0.2) is 0 Å². The number of anilines is 1. The minimum atomic E-state index is 0.587. The van der Waals surface area contributed by atoms with Crippen molar-refractivity contribution in [2.75, 3.05) is 25.5 Å². The fourth-order valence-corrected chi connectivity index (χ4v) is 2.09. The van der Waals surface area contributed by atoms with E-state index in [-0.39, 0.29) is 0 Å². The van der Waals surface area contributed by atoms with Gasteiger partial charge in [0.2, 0.25) is 0 Å². The van der Waals surface area contributed by atoms with Crippen LogP contribution in [-0.4, -0.2) is 31.1 Å². The lowest BCUT2D eigenvalue weighted by atomic mass is 10.0. The van der Waals surface area contributed by atoms with Crippen LogP contribution in [0.3, 0.4) is 0 Å². The van der Waals surface area contributed by atoms with Crippen LogP contribution in [0.5, 0.6) is 0 Å². The molecule has 1 fully saturated rings. The Bertz CT molecular complexity index is 384. The summed E-state index contributed by atoms with van der Waals surface area (Å²) in [4.78, 5) is 2.37. The SMILES string of the molecule is C#Cc1cccc(NC2CCN(C)CC2)c1. The Morgan fingerprint density at radius 1 is 1.38 bits per heavy atom. The van der Waals surface area contributed by atoms with E-state index in [4.69, 9.17) is 6.42 Å². The van der Waals surface area contributed by atoms with Crippen LogP contribution < -0.4 is 5.32 Å². The summed E-state index contributed by atoms with van der Waals surface area (Å²) in [6.07, 6.45) is 7.80. The topological polar surface area (TPSA) is 15.3 Å². The molecule has 1 heterocycles. The second-order valence-electron chi connectivity index (χ2n) is 4.45. The highest BCUT2D eigenvalue weighted by Gasteiger charge is 2.15. The van der Waals surface area contributed by atoms with E-state index in [9.17, 15) is 0 Å². The molecule has 0 aromatic heterocycles. The zero-order valence-corrected chi connectivity index (χ0v) is 9.74. The van der Waals surface area contributed by atoms with Crippen LogP contribution in [0.1, 0.15) is 18.4 Å². The van der Waals surface area contributed by atoms with Gasteiger partial charge in [-0.05, 0) is 51.2 Å². The lowest BCUT2D eigenvalue weighted by Gasteiger charge is -2.30. The van der Waals surface area contributed by atoms with Gasteiger partial charge in [-0.3, -0.25) is 0 Å². The number of likely N-dealkylation sites (tertiary alicyclic amines) is 1. The van der Waals surface area contributed by atoms with E-state index in [2.05, 4.69) is 29.3 Å². The van der Waals surface area contributed by atoms with Gasteiger partial charge in [-0.2, -0.15) is 0 Å². The standard InChI is InChI=1S/C14H18N2/c1-3-12-5-4-6-14(11-12)15-13-7-9-16(2)10-8-13/h1,4-6,11,13,15H,7-10H2,2H3. The molecule has 16 heavy (non-hydrogen) atoms. The molecule has 1 N–H and O–H groups in total. The summed E-state index contributed by atoms with van der Waals surface area (Å²) in [5.74, 6) is 2.66. The highest BCUT2D eigenvalue weighted by atomic mass is 15.1. The quantitative estimate of drug-likeness (QED) is 0.759. The molecule has 0 radical (unpaired) electrons. The van der Waals surface area contributed by atoms with Crippen LogP contribution in [0, 0.1) is 12.3 Å². The van der Waals surface area contributed by atoms with E-state index in [1.54, 1.807) is 0 Å². The minimum Gasteiger partial charge on any atom is -0.382 e. The van der Waals surface area contributed by atoms with Crippen molar-refractivity contribution in [2.24, 2.45) is 0 Å². The molecule has 0 atom stereocenters. The normalized spacial score (nSPS) is 18.0. The second kappa shape index (κ2) is 5.05. The Morgan fingerprint density at radius 3 is 2.81 bits per heavy atom. The van der Waals surface area contributed by atoms with Gasteiger partial charge in [0.25, 0.3) is 0 Å². The predicted molar refractivity (Wildman–Crippen MR) is 68.5 cm³/mol. The average molecular weight is 214 g/mol. The maximum Gasteiger partial charge on any atom is 0.0354 e. The van der Waals surface area contributed by atoms with Crippen molar-refractivity contribution >= 4 is 5.69 Å². The molecule has 1 saturated heterocycles. The van der Waals surface area contributed by atoms with E-state index in [0.717, 1.165) is 11.3 Å². The number of terminal acetylenes is 1. The fourth-order valence-electron chi connectivity index (χ4n) is 2.09. The van der Waals surface area contributed by atoms with Crippen molar-refractivity contribution in [3.05, 3.63) is 29.8 Å². The Morgan fingerprint density at radius 2 is 2.12 bits per heavy atom. The molecule has 1 aromatic rings. The van der Waals surface area contributed by atoms with Crippen LogP contribution in [0.2, 0.25) is 0 Å². The van der Waals surface area contributed by atoms with Gasteiger partial charge in [0, 0.05) is 17.3 Å². The second-order valence-corrected chi connectivity index (χ2v) is 4.45. The van der Waals surface area contributed by atoms with Gasteiger partial charge >= 0.3 is 0 Å². The Balaban J connectivity index is 1.96. The number of hydrogen-bond donors (Lipinski definition) is 1. The number of piperidine rings is 1. The highest BCUT2D eigenvalue weighted by molar-refractivity contribution is 5.50. The van der Waals surface area contributed by atoms with Gasteiger partial charge in [-0.25, -0.2) is 0 Å². The predicted octanol–water partition coefficient (Wildman–Crippen LogP) is 2.17. The van der Waals surface area contributed by atoms with Crippen molar-refractivity contribution in [3.63, 3.8) is 0 Å². The van der Waals surface area contributed by atoms with Crippen molar-refractivity contribution in [3.8, 4) is 12.3 Å². The summed E-state index contributed by atoms with van der Waals surface area (Å²) >= 11 is 0. The third-order valence-corrected chi connectivity index (χ3v) is 3.12. The molecule has 2 nitrogen and oxygen atoms in total. The molecule has 0 amide bonds. The molecule has 0 aliphatic carbocycles. The molecule has 2 rings (SSSR count). The zero-order valence-electron chi connectivity index (χ0n) is 9.74. The molecular weight excluding hydrogens is 196 g/mol. The Hall–Kier alpha value is -1.46. The maximum absolute atomic E-state index is 5.39. The first kappa shape index (κ1) is 11.0. The number of nitrogens with one attached hydrogen (secondary N) is 1. The minimum absolute atomic E-state index is 0.587. The van der Waals surface area contributed by atoms with E-state index < -0.39 is 0 Å². The van der Waals surface area contributed by atoms with Crippen LogP contribution >= 0.6 is 0 Å². The first-order valence-corrected chi connectivity index (χ1v) is 5.79. The summed E-state index contributed by atoms with van der Waals surface area (Å²) in [7, 11) is 2.18. The monoisotopic (exact) mass is 214 g/mol. The maximum atomic E-state index is 5.39. The molecule has 0 spiro atoms. The first-order valence-electron chi connectivity index (χ1n) is 5.79. The van der Waals surface area contributed by atoms with Crippen molar-refractivity contribution in [1.82, 2.24) is 4.90 Å². The molecule has 84 valence electrons. The van der Waals surface area contributed by atoms with Gasteiger partial charge in [0.1, 0.15) is 0 Å². The number of rotatable bonds is 2. The zero-order chi connectivity index (χ0) is 11.4. The molecule has 2 heteroatoms. The summed E-state index contributed by atoms with van der Waals surface area (Å²) in [6, 6.07) is 8.67. The fraction of sp³-hybridized carbons (Fsp3) is 0.429. The lowest BCUT2D eigenvalue weighted by Crippen LogP contribution is -2.36. The average Bonchev–Trinajstić information content (AvgIpc) is 2.32. The molecule has 1 aliphatic rings. The Labute approximate surface area is 97.7 Å². The highest BCUT2D eigenvalue weighted by Crippen LogP contribution is 2.16. The summed E-state index contributed by atoms with van der Waals surface area (Å²) < 4.78 is 0. The summed E-state index contributed by atoms with van der Waals surface area (Å²) in [5.41, 5.74) is 2.09. The first-order chi connectivity index (χ1) is 7.78. The summed E-state index contributed by atoms with van der Waals surface area (Å²) in [6.45, 7) is 2.35. The number of nitrogens with zero attached hydrogens (tertiary/aromatic N) is 1. The van der Waals surface area contributed by atoms with Gasteiger partial charge in [0.05, 0.1) is 0 Å². The number of benzene rings is 1. The molecule has 1 aliphatic heterocycles. The van der Waals surface area contributed by atoms with Gasteiger partial charge < -0.3 is 10.2 Å². The Kier molecular flexibility index (Phi) is 3.48. The number of hydrogen-bond acceptors (Lipinski definition) is 2. The van der Waals surface area contributed by atoms with Crippen LogP contribution in [0.15, 0.2) is 24.3 Å². The van der Waals surface area contributed by atoms with Crippen molar-refractivity contribution in [1.29, 1.82) is 0 Å². The third kappa shape index (κ3) is 2.77. The van der Waals surface area contributed by atoms with Crippen LogP contribution in [-0.2, 0) is 0 Å². The van der Waals surface area contributed by atoms with Gasteiger partial charge in [-0.15, -0.1) is 6.42 Å². The molecule has 1 aromatic carbocycles. The lowest BCUT2D eigenvalue weighted by molar-refractivity contribution is 0.264. The largest absolute Gasteiger partial charge is 0.382 e. The summed E-state index contributed by atoms with van der Waals surface area (Å²) in [5, 5.41) is 3.55. The molecule has 0 bridgehead atoms. The molecule has 0 saturated carbocycles. The van der Waals surface area contributed by atoms with Crippen molar-refractivity contribution in [2.45, 2.75) is 18.9 Å². The van der Waals surface area contributed by atoms with Crippen molar-refractivity contribution < 1.29 is 0 Å². The van der Waals surface area contributed by atoms with Gasteiger partial charge in [-0.1, -0.05) is 12.0 Å². The van der Waals surface area contributed by atoms with Crippen LogP contribution in [0.25, 0.3) is 0 Å². The smallest absolute Gasteiger partial charge is 0.0354 e. The molecular formula is C14H18N2. The molecule has 0 unspecified atom stereocenters. The van der Waals surface area contributed by atoms with E-state index in [1.165, 1.54) is 25.9 Å².